The molecule has 0 spiro atoms. The Labute approximate surface area is 86.3 Å². The molecule has 0 heterocycles. The van der Waals surface area contributed by atoms with Gasteiger partial charge >= 0.3 is 0 Å². The Morgan fingerprint density at radius 2 is 2.07 bits per heavy atom. The molecule has 0 bridgehead atoms. The molecular weight excluding hydrogens is 190 g/mol. The van der Waals surface area contributed by atoms with Gasteiger partial charge in [-0.2, -0.15) is 0 Å². The van der Waals surface area contributed by atoms with Crippen LogP contribution in [0.3, 0.4) is 0 Å². The van der Waals surface area contributed by atoms with Crippen LogP contribution in [-0.2, 0) is 6.42 Å². The fraction of sp³-hybridized carbons (Fsp3) is 0.364. The number of nitrogens with zero attached hydrogens (tertiary/aromatic N) is 1. The summed E-state index contributed by atoms with van der Waals surface area (Å²) in [5.41, 5.74) is 1.21. The standard InChI is InChI=1S/C11H17NOSi/c1-14(2,3)11-6-4-5-10(9-11)7-8-12-13/h4-6,8-9,13H,7H2,1-3H3. The molecule has 76 valence electrons. The molecule has 0 aliphatic carbocycles. The number of rotatable bonds is 3. The zero-order chi connectivity index (χ0) is 10.6. The van der Waals surface area contributed by atoms with Crippen molar-refractivity contribution in [3.05, 3.63) is 29.8 Å². The molecule has 2 nitrogen and oxygen atoms in total. The molecule has 0 aliphatic heterocycles. The van der Waals surface area contributed by atoms with E-state index < -0.39 is 8.07 Å². The SMILES string of the molecule is C[Si](C)(C)c1cccc(CC=NO)c1. The normalized spacial score (nSPS) is 12.2. The minimum atomic E-state index is -1.21. The highest BCUT2D eigenvalue weighted by molar-refractivity contribution is 6.88. The van der Waals surface area contributed by atoms with Gasteiger partial charge in [-0.15, -0.1) is 5.16 Å². The van der Waals surface area contributed by atoms with Crippen LogP contribution in [0.2, 0.25) is 19.6 Å². The molecule has 0 amide bonds. The molecule has 1 aromatic rings. The maximum Gasteiger partial charge on any atom is 0.0776 e. The number of hydrogen-bond donors (Lipinski definition) is 1. The third-order valence-electron chi connectivity index (χ3n) is 2.20. The summed E-state index contributed by atoms with van der Waals surface area (Å²) in [6.45, 7) is 6.98. The smallest absolute Gasteiger partial charge is 0.0776 e. The second-order valence-electron chi connectivity index (χ2n) is 4.45. The van der Waals surface area contributed by atoms with Gasteiger partial charge in [0, 0.05) is 12.6 Å². The van der Waals surface area contributed by atoms with Gasteiger partial charge in [-0.1, -0.05) is 49.1 Å². The Morgan fingerprint density at radius 1 is 1.36 bits per heavy atom. The minimum absolute atomic E-state index is 0.703. The van der Waals surface area contributed by atoms with E-state index in [0.717, 1.165) is 0 Å². The first-order valence-corrected chi connectivity index (χ1v) is 8.29. The van der Waals surface area contributed by atoms with Crippen LogP contribution in [-0.4, -0.2) is 19.5 Å². The van der Waals surface area contributed by atoms with Crippen molar-refractivity contribution in [3.63, 3.8) is 0 Å². The molecule has 1 aromatic carbocycles. The van der Waals surface area contributed by atoms with Gasteiger partial charge in [0.1, 0.15) is 0 Å². The summed E-state index contributed by atoms with van der Waals surface area (Å²) in [5.74, 6) is 0. The molecular formula is C11H17NOSi. The van der Waals surface area contributed by atoms with Gasteiger partial charge in [-0.25, -0.2) is 0 Å². The molecule has 0 radical (unpaired) electrons. The molecule has 14 heavy (non-hydrogen) atoms. The molecule has 0 unspecified atom stereocenters. The summed E-state index contributed by atoms with van der Waals surface area (Å²) in [5, 5.41) is 12.8. The molecule has 0 saturated heterocycles. The van der Waals surface area contributed by atoms with E-state index in [1.807, 2.05) is 0 Å². The van der Waals surface area contributed by atoms with Gasteiger partial charge in [0.15, 0.2) is 0 Å². The van der Waals surface area contributed by atoms with Crippen molar-refractivity contribution < 1.29 is 5.21 Å². The average molecular weight is 207 g/mol. The van der Waals surface area contributed by atoms with Crippen LogP contribution < -0.4 is 5.19 Å². The van der Waals surface area contributed by atoms with E-state index in [2.05, 4.69) is 49.1 Å². The van der Waals surface area contributed by atoms with Crippen LogP contribution in [0.15, 0.2) is 29.4 Å². The highest BCUT2D eigenvalue weighted by Crippen LogP contribution is 2.05. The van der Waals surface area contributed by atoms with E-state index >= 15 is 0 Å². The highest BCUT2D eigenvalue weighted by Gasteiger charge is 2.15. The molecule has 0 aliphatic rings. The fourth-order valence-electron chi connectivity index (χ4n) is 1.31. The first kappa shape index (κ1) is 11.0. The predicted molar refractivity (Wildman–Crippen MR) is 63.4 cm³/mol. The maximum atomic E-state index is 8.33. The lowest BCUT2D eigenvalue weighted by atomic mass is 10.2. The van der Waals surface area contributed by atoms with E-state index in [0.29, 0.717) is 6.42 Å². The van der Waals surface area contributed by atoms with E-state index in [4.69, 9.17) is 5.21 Å². The van der Waals surface area contributed by atoms with Crippen molar-refractivity contribution in [1.82, 2.24) is 0 Å². The summed E-state index contributed by atoms with van der Waals surface area (Å²) < 4.78 is 0. The van der Waals surface area contributed by atoms with Crippen LogP contribution in [0, 0.1) is 0 Å². The highest BCUT2D eigenvalue weighted by atomic mass is 28.3. The van der Waals surface area contributed by atoms with Crippen molar-refractivity contribution in [2.24, 2.45) is 5.16 Å². The largest absolute Gasteiger partial charge is 0.411 e. The quantitative estimate of drug-likeness (QED) is 0.350. The van der Waals surface area contributed by atoms with Crippen molar-refractivity contribution in [2.45, 2.75) is 26.1 Å². The topological polar surface area (TPSA) is 32.6 Å². The number of benzene rings is 1. The van der Waals surface area contributed by atoms with Crippen LogP contribution in [0.5, 0.6) is 0 Å². The van der Waals surface area contributed by atoms with Crippen LogP contribution in [0.4, 0.5) is 0 Å². The summed E-state index contributed by atoms with van der Waals surface area (Å²) in [6.07, 6.45) is 2.22. The Balaban J connectivity index is 2.90. The van der Waals surface area contributed by atoms with Gasteiger partial charge in [0.05, 0.1) is 8.07 Å². The van der Waals surface area contributed by atoms with E-state index in [1.165, 1.54) is 17.0 Å². The Morgan fingerprint density at radius 3 is 2.64 bits per heavy atom. The zero-order valence-corrected chi connectivity index (χ0v) is 9.99. The van der Waals surface area contributed by atoms with Gasteiger partial charge in [-0.3, -0.25) is 0 Å². The minimum Gasteiger partial charge on any atom is -0.411 e. The maximum absolute atomic E-state index is 8.33. The van der Waals surface area contributed by atoms with Crippen molar-refractivity contribution in [1.29, 1.82) is 0 Å². The average Bonchev–Trinajstić information content (AvgIpc) is 2.14. The van der Waals surface area contributed by atoms with E-state index in [-0.39, 0.29) is 0 Å². The van der Waals surface area contributed by atoms with E-state index in [1.54, 1.807) is 0 Å². The van der Waals surface area contributed by atoms with Crippen LogP contribution in [0.25, 0.3) is 0 Å². The lowest BCUT2D eigenvalue weighted by Crippen LogP contribution is -2.37. The first-order chi connectivity index (χ1) is 6.54. The molecule has 0 fully saturated rings. The van der Waals surface area contributed by atoms with Gasteiger partial charge in [0.25, 0.3) is 0 Å². The lowest BCUT2D eigenvalue weighted by Gasteiger charge is -2.17. The Kier molecular flexibility index (Phi) is 3.47. The van der Waals surface area contributed by atoms with Crippen molar-refractivity contribution >= 4 is 19.5 Å². The van der Waals surface area contributed by atoms with E-state index in [9.17, 15) is 0 Å². The summed E-state index contributed by atoms with van der Waals surface area (Å²) in [7, 11) is -1.21. The molecule has 1 N–H and O–H groups in total. The predicted octanol–water partition coefficient (Wildman–Crippen LogP) is 2.23. The molecule has 0 saturated carbocycles. The zero-order valence-electron chi connectivity index (χ0n) is 8.99. The molecule has 0 atom stereocenters. The number of hydrogen-bond acceptors (Lipinski definition) is 2. The second-order valence-corrected chi connectivity index (χ2v) is 9.53. The monoisotopic (exact) mass is 207 g/mol. The van der Waals surface area contributed by atoms with Gasteiger partial charge in [0.2, 0.25) is 0 Å². The van der Waals surface area contributed by atoms with Crippen molar-refractivity contribution in [2.75, 3.05) is 0 Å². The third-order valence-corrected chi connectivity index (χ3v) is 4.24. The Bertz CT molecular complexity index is 328. The molecule has 0 aromatic heterocycles. The number of oxime groups is 1. The Hall–Kier alpha value is -1.09. The summed E-state index contributed by atoms with van der Waals surface area (Å²) in [4.78, 5) is 0. The van der Waals surface area contributed by atoms with Crippen molar-refractivity contribution in [3.8, 4) is 0 Å². The first-order valence-electron chi connectivity index (χ1n) is 4.79. The second kappa shape index (κ2) is 4.42. The van der Waals surface area contributed by atoms with Gasteiger partial charge in [-0.05, 0) is 5.56 Å². The van der Waals surface area contributed by atoms with Crippen LogP contribution in [0.1, 0.15) is 5.56 Å². The summed E-state index contributed by atoms with van der Waals surface area (Å²) in [6, 6.07) is 8.54. The lowest BCUT2D eigenvalue weighted by molar-refractivity contribution is 0.321. The molecule has 3 heteroatoms. The third kappa shape index (κ3) is 2.99. The van der Waals surface area contributed by atoms with Crippen LogP contribution >= 0.6 is 0 Å². The van der Waals surface area contributed by atoms with Gasteiger partial charge < -0.3 is 5.21 Å². The summed E-state index contributed by atoms with van der Waals surface area (Å²) >= 11 is 0. The fourth-order valence-corrected chi connectivity index (χ4v) is 2.53. The molecule has 1 rings (SSSR count).